The summed E-state index contributed by atoms with van der Waals surface area (Å²) in [6.45, 7) is 2.90. The number of carbonyl (C=O) groups is 1. The van der Waals surface area contributed by atoms with Gasteiger partial charge in [0.1, 0.15) is 0 Å². The molecule has 6 aromatic rings. The minimum atomic E-state index is 0.0959. The fourth-order valence-electron chi connectivity index (χ4n) is 5.76. The molecule has 37 heavy (non-hydrogen) atoms. The Balaban J connectivity index is 1.55. The first-order valence-corrected chi connectivity index (χ1v) is 12.7. The number of ketones is 1. The smallest absolute Gasteiger partial charge is 0.194 e. The van der Waals surface area contributed by atoms with E-state index in [1.807, 2.05) is 48.5 Å². The molecule has 2 heteroatoms. The molecule has 0 radical (unpaired) electrons. The van der Waals surface area contributed by atoms with Gasteiger partial charge in [0.15, 0.2) is 5.78 Å². The zero-order valence-corrected chi connectivity index (χ0v) is 20.6. The Hall–Kier alpha value is -4.69. The average molecular weight is 476 g/mol. The van der Waals surface area contributed by atoms with Gasteiger partial charge < -0.3 is 4.57 Å². The van der Waals surface area contributed by atoms with E-state index in [1.54, 1.807) is 0 Å². The lowest BCUT2D eigenvalue weighted by Crippen LogP contribution is -2.00. The molecule has 0 spiro atoms. The molecule has 0 aliphatic heterocycles. The first kappa shape index (κ1) is 21.6. The first-order chi connectivity index (χ1) is 18.2. The molecule has 5 aromatic carbocycles. The van der Waals surface area contributed by atoms with Gasteiger partial charge in [-0.2, -0.15) is 0 Å². The molecule has 1 aromatic heterocycles. The van der Waals surface area contributed by atoms with Gasteiger partial charge in [0.25, 0.3) is 0 Å². The van der Waals surface area contributed by atoms with E-state index in [9.17, 15) is 4.79 Å². The summed E-state index contributed by atoms with van der Waals surface area (Å²) in [5, 5.41) is 2.32. The van der Waals surface area contributed by atoms with Crippen molar-refractivity contribution in [3.63, 3.8) is 0 Å². The number of aromatic nitrogens is 1. The molecule has 0 unspecified atom stereocenters. The van der Waals surface area contributed by atoms with Crippen molar-refractivity contribution >= 4 is 38.7 Å². The van der Waals surface area contributed by atoms with Crippen molar-refractivity contribution in [3.8, 4) is 0 Å². The second-order valence-corrected chi connectivity index (χ2v) is 9.82. The number of hydrogen-bond donors (Lipinski definition) is 0. The third-order valence-corrected chi connectivity index (χ3v) is 7.46. The molecule has 1 aliphatic rings. The van der Waals surface area contributed by atoms with E-state index in [2.05, 4.69) is 84.3 Å². The summed E-state index contributed by atoms with van der Waals surface area (Å²) >= 11 is 0. The fourth-order valence-corrected chi connectivity index (χ4v) is 5.76. The van der Waals surface area contributed by atoms with Crippen LogP contribution in [-0.2, 0) is 6.54 Å². The monoisotopic (exact) mass is 475 g/mol. The maximum absolute atomic E-state index is 14.1. The van der Waals surface area contributed by atoms with Gasteiger partial charge in [-0.1, -0.05) is 103 Å². The minimum Gasteiger partial charge on any atom is -0.336 e. The molecule has 0 bridgehead atoms. The quantitative estimate of drug-likeness (QED) is 0.251. The van der Waals surface area contributed by atoms with Crippen LogP contribution >= 0.6 is 0 Å². The summed E-state index contributed by atoms with van der Waals surface area (Å²) in [6, 6.07) is 42.0. The summed E-state index contributed by atoms with van der Waals surface area (Å²) < 4.78 is 2.40. The number of hydrogen-bond acceptors (Lipinski definition) is 1. The number of Topliss-reactive ketones (excluding diaryl/α,β-unsaturated/α-hetero) is 1. The van der Waals surface area contributed by atoms with E-state index in [0.717, 1.165) is 50.8 Å². The Morgan fingerprint density at radius 1 is 0.568 bits per heavy atom. The molecule has 2 nitrogen and oxygen atoms in total. The predicted molar refractivity (Wildman–Crippen MR) is 153 cm³/mol. The second-order valence-electron chi connectivity index (χ2n) is 9.82. The third kappa shape index (κ3) is 3.45. The van der Waals surface area contributed by atoms with Crippen molar-refractivity contribution in [3.05, 3.63) is 155 Å². The summed E-state index contributed by atoms with van der Waals surface area (Å²) in [5.74, 6) is 0.0959. The van der Waals surface area contributed by atoms with Gasteiger partial charge in [-0.25, -0.2) is 0 Å². The highest BCUT2D eigenvalue weighted by molar-refractivity contribution is 6.42. The molecule has 0 fully saturated rings. The van der Waals surface area contributed by atoms with Crippen LogP contribution < -0.4 is 0 Å². The van der Waals surface area contributed by atoms with Crippen LogP contribution in [0.25, 0.3) is 33.0 Å². The highest BCUT2D eigenvalue weighted by Crippen LogP contribution is 2.45. The van der Waals surface area contributed by atoms with Gasteiger partial charge >= 0.3 is 0 Å². The molecular formula is C35H25NO. The fraction of sp³-hybridized carbons (Fsp3) is 0.0571. The number of benzene rings is 5. The number of aryl methyl sites for hydroxylation is 1. The number of fused-ring (bicyclic) bond motifs is 4. The van der Waals surface area contributed by atoms with Gasteiger partial charge in [-0.3, -0.25) is 4.79 Å². The van der Waals surface area contributed by atoms with Crippen LogP contribution in [0.3, 0.4) is 0 Å². The van der Waals surface area contributed by atoms with Gasteiger partial charge in [0.2, 0.25) is 0 Å². The van der Waals surface area contributed by atoms with E-state index in [4.69, 9.17) is 0 Å². The van der Waals surface area contributed by atoms with Crippen LogP contribution in [0.4, 0.5) is 0 Å². The number of carbonyl (C=O) groups excluding carboxylic acids is 1. The molecule has 0 saturated heterocycles. The average Bonchev–Trinajstić information content (AvgIpc) is 3.40. The Morgan fingerprint density at radius 2 is 1.16 bits per heavy atom. The minimum absolute atomic E-state index is 0.0959. The van der Waals surface area contributed by atoms with Crippen molar-refractivity contribution in [2.45, 2.75) is 13.5 Å². The summed E-state index contributed by atoms with van der Waals surface area (Å²) in [4.78, 5) is 14.1. The van der Waals surface area contributed by atoms with Gasteiger partial charge in [-0.15, -0.1) is 0 Å². The lowest BCUT2D eigenvalue weighted by Gasteiger charge is -2.11. The Labute approximate surface area is 216 Å². The standard InChI is InChI=1S/C35H25NO/c1-23-17-18-31-27(19-23)28-20-30-29(21-32(28)36(31)22-24-11-5-2-6-12-24)33(25-13-7-3-8-14-25)34(35(30)37)26-15-9-4-10-16-26/h2-21H,22H2,1H3. The third-order valence-electron chi connectivity index (χ3n) is 7.46. The summed E-state index contributed by atoms with van der Waals surface area (Å²) in [7, 11) is 0. The van der Waals surface area contributed by atoms with Crippen LogP contribution in [0.2, 0.25) is 0 Å². The Bertz CT molecular complexity index is 1840. The topological polar surface area (TPSA) is 22.0 Å². The van der Waals surface area contributed by atoms with Crippen LogP contribution in [0, 0.1) is 6.92 Å². The highest BCUT2D eigenvalue weighted by atomic mass is 16.1. The van der Waals surface area contributed by atoms with Gasteiger partial charge in [0.05, 0.1) is 5.52 Å². The SMILES string of the molecule is Cc1ccc2c(c1)c1cc3c(cc1n2Cc1ccccc1)C(c1ccccc1)=C(c1ccccc1)C3=O. The molecular weight excluding hydrogens is 450 g/mol. The van der Waals surface area contributed by atoms with Crippen molar-refractivity contribution in [1.82, 2.24) is 4.57 Å². The maximum atomic E-state index is 14.1. The first-order valence-electron chi connectivity index (χ1n) is 12.7. The van der Waals surface area contributed by atoms with Crippen molar-refractivity contribution in [2.24, 2.45) is 0 Å². The normalized spacial score (nSPS) is 13.1. The Morgan fingerprint density at radius 3 is 1.84 bits per heavy atom. The molecule has 176 valence electrons. The number of allylic oxidation sites excluding steroid dienone is 1. The summed E-state index contributed by atoms with van der Waals surface area (Å²) in [5.41, 5.74) is 10.4. The largest absolute Gasteiger partial charge is 0.336 e. The van der Waals surface area contributed by atoms with E-state index in [0.29, 0.717) is 0 Å². The number of rotatable bonds is 4. The molecule has 1 heterocycles. The van der Waals surface area contributed by atoms with Gasteiger partial charge in [-0.05, 0) is 53.4 Å². The molecule has 0 N–H and O–H groups in total. The van der Waals surface area contributed by atoms with Crippen LogP contribution in [-0.4, -0.2) is 10.4 Å². The molecule has 7 rings (SSSR count). The lowest BCUT2D eigenvalue weighted by molar-refractivity contribution is 0.105. The van der Waals surface area contributed by atoms with Crippen LogP contribution in [0.1, 0.15) is 38.2 Å². The number of nitrogens with zero attached hydrogens (tertiary/aromatic N) is 1. The highest BCUT2D eigenvalue weighted by Gasteiger charge is 2.32. The second kappa shape index (κ2) is 8.46. The van der Waals surface area contributed by atoms with Crippen LogP contribution in [0.15, 0.2) is 121 Å². The summed E-state index contributed by atoms with van der Waals surface area (Å²) in [6.07, 6.45) is 0. The van der Waals surface area contributed by atoms with E-state index in [-0.39, 0.29) is 5.78 Å². The maximum Gasteiger partial charge on any atom is 0.194 e. The Kier molecular flexibility index (Phi) is 4.93. The lowest BCUT2D eigenvalue weighted by atomic mass is 9.94. The molecule has 0 atom stereocenters. The van der Waals surface area contributed by atoms with Gasteiger partial charge in [0, 0.05) is 39.5 Å². The predicted octanol–water partition coefficient (Wildman–Crippen LogP) is 8.31. The molecule has 1 aliphatic carbocycles. The van der Waals surface area contributed by atoms with E-state index >= 15 is 0 Å². The van der Waals surface area contributed by atoms with E-state index in [1.165, 1.54) is 22.0 Å². The zero-order chi connectivity index (χ0) is 24.9. The van der Waals surface area contributed by atoms with Crippen molar-refractivity contribution < 1.29 is 4.79 Å². The van der Waals surface area contributed by atoms with Crippen LogP contribution in [0.5, 0.6) is 0 Å². The van der Waals surface area contributed by atoms with E-state index < -0.39 is 0 Å². The zero-order valence-electron chi connectivity index (χ0n) is 20.6. The molecule has 0 saturated carbocycles. The molecule has 0 amide bonds. The van der Waals surface area contributed by atoms with Crippen molar-refractivity contribution in [2.75, 3.05) is 0 Å². The van der Waals surface area contributed by atoms with Crippen molar-refractivity contribution in [1.29, 1.82) is 0 Å².